The van der Waals surface area contributed by atoms with Crippen LogP contribution in [0.25, 0.3) is 0 Å². The first-order chi connectivity index (χ1) is 27.2. The van der Waals surface area contributed by atoms with Crippen LogP contribution in [0, 0.1) is 11.8 Å². The van der Waals surface area contributed by atoms with Crippen molar-refractivity contribution in [1.29, 1.82) is 0 Å². The normalized spacial score (nSPS) is 42.1. The van der Waals surface area contributed by atoms with Crippen LogP contribution >= 0.6 is 0 Å². The molecule has 3 aliphatic heterocycles. The molecule has 2 saturated heterocycles. The van der Waals surface area contributed by atoms with Gasteiger partial charge in [0.15, 0.2) is 12.6 Å². The lowest BCUT2D eigenvalue weighted by molar-refractivity contribution is -0.310. The number of carbonyl (C=O) groups excluding carboxylic acids is 1. The number of hydrogen-bond donors (Lipinski definition) is 5. The molecule has 3 aliphatic rings. The summed E-state index contributed by atoms with van der Waals surface area (Å²) in [6.07, 6.45) is 23.1. The van der Waals surface area contributed by atoms with Crippen molar-refractivity contribution in [2.75, 3.05) is 27.2 Å². The molecule has 2 fully saturated rings. The summed E-state index contributed by atoms with van der Waals surface area (Å²) in [6.45, 7) is 18.1. The van der Waals surface area contributed by atoms with Gasteiger partial charge in [0.05, 0.1) is 30.4 Å². The third-order valence-electron chi connectivity index (χ3n) is 10.9. The van der Waals surface area contributed by atoms with E-state index in [-0.39, 0.29) is 37.0 Å². The molecular formula is C47H73N3O8. The maximum absolute atomic E-state index is 13.3. The highest BCUT2D eigenvalue weighted by Gasteiger charge is 2.48. The Morgan fingerprint density at radius 2 is 1.67 bits per heavy atom. The van der Waals surface area contributed by atoms with E-state index in [1.807, 2.05) is 95.3 Å². The number of ether oxygens (including phenoxy) is 4. The number of nitrogens with zero attached hydrogens (tertiary/aromatic N) is 1. The number of rotatable bonds is 8. The van der Waals surface area contributed by atoms with Crippen molar-refractivity contribution in [3.05, 3.63) is 107 Å². The van der Waals surface area contributed by atoms with Crippen molar-refractivity contribution in [3.63, 3.8) is 0 Å². The van der Waals surface area contributed by atoms with Gasteiger partial charge in [-0.25, -0.2) is 0 Å². The molecule has 0 saturated carbocycles. The van der Waals surface area contributed by atoms with Gasteiger partial charge in [0.25, 0.3) is 0 Å². The molecule has 11 heteroatoms. The van der Waals surface area contributed by atoms with Crippen LogP contribution in [0.3, 0.4) is 0 Å². The zero-order valence-corrected chi connectivity index (χ0v) is 36.8. The van der Waals surface area contributed by atoms with Gasteiger partial charge in [-0.3, -0.25) is 4.79 Å². The maximum atomic E-state index is 13.3. The number of carbonyl (C=O) groups is 1. The molecule has 3 rings (SSSR count). The molecule has 12 atom stereocenters. The summed E-state index contributed by atoms with van der Waals surface area (Å²) in [5.41, 5.74) is 7.66. The molecule has 0 spiro atoms. The predicted molar refractivity (Wildman–Crippen MR) is 232 cm³/mol. The van der Waals surface area contributed by atoms with Crippen LogP contribution in [0.2, 0.25) is 0 Å². The first kappa shape index (κ1) is 49.1. The van der Waals surface area contributed by atoms with E-state index >= 15 is 0 Å². The van der Waals surface area contributed by atoms with Gasteiger partial charge in [-0.15, -0.1) is 0 Å². The number of aliphatic hydroxyl groups excluding tert-OH is 1. The summed E-state index contributed by atoms with van der Waals surface area (Å²) in [7, 11) is 3.79. The Hall–Kier alpha value is -3.23. The number of nitrogens with two attached hydrogens (primary N) is 1. The van der Waals surface area contributed by atoms with Gasteiger partial charge in [0.2, 0.25) is 5.91 Å². The lowest BCUT2D eigenvalue weighted by Gasteiger charge is -2.48. The minimum atomic E-state index is -1.53. The summed E-state index contributed by atoms with van der Waals surface area (Å²) < 4.78 is 24.6. The summed E-state index contributed by atoms with van der Waals surface area (Å²) in [4.78, 5) is 15.3. The Bertz CT molecular complexity index is 1620. The summed E-state index contributed by atoms with van der Waals surface area (Å²) in [6, 6.07) is -1.26. The summed E-state index contributed by atoms with van der Waals surface area (Å²) >= 11 is 0. The average Bonchev–Trinajstić information content (AvgIpc) is 3.12. The number of aliphatic hydroxyl groups is 3. The fraction of sp³-hybridized carbons (Fsp3) is 0.596. The monoisotopic (exact) mass is 808 g/mol. The second-order valence-electron chi connectivity index (χ2n) is 17.1. The van der Waals surface area contributed by atoms with Gasteiger partial charge in [0.1, 0.15) is 23.9 Å². The fourth-order valence-corrected chi connectivity index (χ4v) is 7.54. The molecule has 11 nitrogen and oxygen atoms in total. The van der Waals surface area contributed by atoms with Crippen molar-refractivity contribution in [2.24, 2.45) is 17.6 Å². The van der Waals surface area contributed by atoms with E-state index in [0.717, 1.165) is 28.7 Å². The molecule has 3 heterocycles. The van der Waals surface area contributed by atoms with Crippen molar-refractivity contribution < 1.29 is 39.1 Å². The first-order valence-electron chi connectivity index (χ1n) is 20.8. The van der Waals surface area contributed by atoms with Gasteiger partial charge < -0.3 is 50.2 Å². The zero-order valence-electron chi connectivity index (χ0n) is 36.8. The minimum absolute atomic E-state index is 0.0456. The number of likely N-dealkylation sites (N-methyl/N-ethyl adjacent to an activating group) is 1. The molecular weight excluding hydrogens is 735 g/mol. The SMILES string of the molecule is CC[C@H](C)C/C1=C/C(C)=C\C=C\C=C\[C@@](C)(O)C(OC2OCC(OC3C[C@@](C)(O)C(N(C)C)C(C)O3)[C@H](O)C2N)/C=C/C=C/C(C)=C\C=C\C(C)=C/[C@H](C)CNC1=O. The van der Waals surface area contributed by atoms with E-state index in [0.29, 0.717) is 18.9 Å². The van der Waals surface area contributed by atoms with E-state index in [2.05, 4.69) is 32.2 Å². The molecule has 6 N–H and O–H groups in total. The average molecular weight is 808 g/mol. The highest BCUT2D eigenvalue weighted by atomic mass is 16.7. The second-order valence-corrected chi connectivity index (χ2v) is 17.1. The number of nitrogens with one attached hydrogen (secondary N) is 1. The highest BCUT2D eigenvalue weighted by Crippen LogP contribution is 2.34. The Morgan fingerprint density at radius 3 is 2.34 bits per heavy atom. The highest BCUT2D eigenvalue weighted by molar-refractivity contribution is 5.93. The van der Waals surface area contributed by atoms with Crippen molar-refractivity contribution in [3.8, 4) is 0 Å². The Kier molecular flexibility index (Phi) is 19.4. The topological polar surface area (TPSA) is 156 Å². The molecule has 7 unspecified atom stereocenters. The zero-order chi connectivity index (χ0) is 43.2. The molecule has 0 aromatic heterocycles. The largest absolute Gasteiger partial charge is 0.388 e. The predicted octanol–water partition coefficient (Wildman–Crippen LogP) is 6.12. The second kappa shape index (κ2) is 23.0. The standard InChI is InChI=1S/C47H73N3O8/c1-12-31(2)26-37-27-34(5)20-14-13-17-24-46(8,53)39(23-16-15-19-32(3)21-18-22-33(4)25-35(6)29-49-44(37)52)58-45-41(48)42(51)38(30-55-45)57-40-28-47(9,54)43(50(10)11)36(7)56-40/h13-25,27,31,35-36,38-43,45,51,53-54H,12,26,28-30,48H2,1-11H3,(H,49,52)/b14-13+,19-15+,22-18+,23-16+,24-17+,32-21-,33-25-,34-20-,37-27-/t31-,35-,36?,38?,39?,40?,41?,42-,43?,45?,46+,47+/m0/s1. The molecule has 0 aliphatic carbocycles. The van der Waals surface area contributed by atoms with Gasteiger partial charge in [-0.05, 0) is 73.9 Å². The first-order valence-corrected chi connectivity index (χ1v) is 20.8. The van der Waals surface area contributed by atoms with Gasteiger partial charge in [-0.1, -0.05) is 129 Å². The van der Waals surface area contributed by atoms with Crippen LogP contribution in [0.4, 0.5) is 0 Å². The lowest BCUT2D eigenvalue weighted by atomic mass is 9.85. The maximum Gasteiger partial charge on any atom is 0.247 e. The van der Waals surface area contributed by atoms with Crippen molar-refractivity contribution in [2.45, 2.75) is 142 Å². The van der Waals surface area contributed by atoms with Crippen LogP contribution < -0.4 is 11.1 Å². The molecule has 0 bridgehead atoms. The molecule has 0 aromatic rings. The summed E-state index contributed by atoms with van der Waals surface area (Å²) in [5, 5.41) is 37.4. The van der Waals surface area contributed by atoms with E-state index in [1.165, 1.54) is 0 Å². The van der Waals surface area contributed by atoms with E-state index in [1.54, 1.807) is 44.2 Å². The van der Waals surface area contributed by atoms with Crippen LogP contribution in [0.15, 0.2) is 107 Å². The smallest absolute Gasteiger partial charge is 0.247 e. The third-order valence-corrected chi connectivity index (χ3v) is 10.9. The van der Waals surface area contributed by atoms with Gasteiger partial charge >= 0.3 is 0 Å². The summed E-state index contributed by atoms with van der Waals surface area (Å²) in [5.74, 6) is 0.456. The Balaban J connectivity index is 1.87. The molecule has 0 radical (unpaired) electrons. The molecule has 0 aromatic carbocycles. The lowest BCUT2D eigenvalue weighted by Crippen LogP contribution is -2.63. The van der Waals surface area contributed by atoms with E-state index in [9.17, 15) is 20.1 Å². The van der Waals surface area contributed by atoms with Crippen LogP contribution in [-0.2, 0) is 23.7 Å². The molecule has 324 valence electrons. The van der Waals surface area contributed by atoms with E-state index in [4.69, 9.17) is 24.7 Å². The number of allylic oxidation sites excluding steroid dienone is 14. The quantitative estimate of drug-likeness (QED) is 0.194. The Labute approximate surface area is 348 Å². The minimum Gasteiger partial charge on any atom is -0.388 e. The third kappa shape index (κ3) is 15.4. The number of hydrogen-bond acceptors (Lipinski definition) is 10. The molecule has 1 amide bonds. The van der Waals surface area contributed by atoms with E-state index < -0.39 is 48.1 Å². The Morgan fingerprint density at radius 1 is 0.983 bits per heavy atom. The van der Waals surface area contributed by atoms with Crippen LogP contribution in [0.1, 0.15) is 81.6 Å². The fourth-order valence-electron chi connectivity index (χ4n) is 7.54. The van der Waals surface area contributed by atoms with Gasteiger partial charge in [-0.2, -0.15) is 0 Å². The molecule has 58 heavy (non-hydrogen) atoms. The van der Waals surface area contributed by atoms with Gasteiger partial charge in [0, 0.05) is 18.5 Å². The van der Waals surface area contributed by atoms with Crippen LogP contribution in [0.5, 0.6) is 0 Å². The van der Waals surface area contributed by atoms with Crippen molar-refractivity contribution >= 4 is 5.91 Å². The number of amides is 1. The van der Waals surface area contributed by atoms with Crippen molar-refractivity contribution in [1.82, 2.24) is 10.2 Å². The van der Waals surface area contributed by atoms with Crippen LogP contribution in [-0.4, -0.2) is 114 Å².